The molecule has 2 rings (SSSR count). The van der Waals surface area contributed by atoms with Gasteiger partial charge in [-0.25, -0.2) is 13.8 Å². The molecular weight excluding hydrogens is 269 g/mol. The molecule has 1 heterocycles. The molecular formula is C12H8FN3O2S. The van der Waals surface area contributed by atoms with E-state index in [0.717, 1.165) is 28.5 Å². The maximum absolute atomic E-state index is 12.8. The molecule has 96 valence electrons. The number of H-pyrrole nitrogens is 1. The van der Waals surface area contributed by atoms with Gasteiger partial charge in [0.15, 0.2) is 0 Å². The second kappa shape index (κ2) is 5.12. The fraction of sp³-hybridized carbons (Fsp3) is 0.0833. The Morgan fingerprint density at radius 1 is 1.32 bits per heavy atom. The lowest BCUT2D eigenvalue weighted by atomic mass is 10.3. The first-order valence-corrected chi connectivity index (χ1v) is 6.40. The summed E-state index contributed by atoms with van der Waals surface area (Å²) in [6.45, 7) is 0. The summed E-state index contributed by atoms with van der Waals surface area (Å²) in [5.41, 5.74) is -1.32. The molecule has 0 aliphatic rings. The molecule has 1 aromatic carbocycles. The van der Waals surface area contributed by atoms with Crippen molar-refractivity contribution >= 4 is 11.8 Å². The molecule has 0 spiro atoms. The number of hydrogen-bond acceptors (Lipinski definition) is 4. The summed E-state index contributed by atoms with van der Waals surface area (Å²) >= 11 is 1.10. The minimum atomic E-state index is -0.720. The number of benzene rings is 1. The molecule has 7 heteroatoms. The van der Waals surface area contributed by atoms with E-state index < -0.39 is 17.1 Å². The highest BCUT2D eigenvalue weighted by Crippen LogP contribution is 2.12. The fourth-order valence-electron chi connectivity index (χ4n) is 1.59. The average molecular weight is 277 g/mol. The molecule has 19 heavy (non-hydrogen) atoms. The normalized spacial score (nSPS) is 10.2. The van der Waals surface area contributed by atoms with Crippen LogP contribution in [0.1, 0.15) is 5.56 Å². The highest BCUT2D eigenvalue weighted by molar-refractivity contribution is 7.98. The van der Waals surface area contributed by atoms with Gasteiger partial charge in [-0.1, -0.05) is 0 Å². The van der Waals surface area contributed by atoms with Gasteiger partial charge < -0.3 is 4.98 Å². The first kappa shape index (κ1) is 13.1. The smallest absolute Gasteiger partial charge is 0.300 e. The molecule has 0 unspecified atom stereocenters. The fourth-order valence-corrected chi connectivity index (χ4v) is 2.12. The topological polar surface area (TPSA) is 78.7 Å². The summed E-state index contributed by atoms with van der Waals surface area (Å²) in [7, 11) is 0. The number of aromatic nitrogens is 2. The molecule has 0 bridgehead atoms. The highest BCUT2D eigenvalue weighted by atomic mass is 32.2. The number of thioether (sulfide) groups is 1. The number of aromatic amines is 1. The Labute approximate surface area is 111 Å². The number of nitrogens with one attached hydrogen (secondary N) is 1. The van der Waals surface area contributed by atoms with E-state index >= 15 is 0 Å². The second-order valence-electron chi connectivity index (χ2n) is 3.57. The van der Waals surface area contributed by atoms with Crippen LogP contribution in [0, 0.1) is 17.1 Å². The number of rotatable bonds is 2. The summed E-state index contributed by atoms with van der Waals surface area (Å²) in [6.07, 6.45) is 1.65. The third kappa shape index (κ3) is 2.30. The zero-order chi connectivity index (χ0) is 14.0. The van der Waals surface area contributed by atoms with E-state index in [1.54, 1.807) is 12.3 Å². The first-order chi connectivity index (χ1) is 9.08. The molecule has 1 aromatic heterocycles. The van der Waals surface area contributed by atoms with Gasteiger partial charge >= 0.3 is 5.69 Å². The van der Waals surface area contributed by atoms with E-state index in [-0.39, 0.29) is 16.3 Å². The van der Waals surface area contributed by atoms with Gasteiger partial charge in [0, 0.05) is 0 Å². The van der Waals surface area contributed by atoms with Crippen LogP contribution in [0.3, 0.4) is 0 Å². The minimum absolute atomic E-state index is 0.142. The lowest BCUT2D eigenvalue weighted by Crippen LogP contribution is -2.35. The van der Waals surface area contributed by atoms with Gasteiger partial charge in [0.25, 0.3) is 5.56 Å². The molecule has 0 amide bonds. The average Bonchev–Trinajstić information content (AvgIpc) is 2.40. The SMILES string of the molecule is CSc1[nH]c(=O)n(-c2ccc(F)cc2)c(=O)c1C#N. The molecule has 0 aliphatic carbocycles. The Morgan fingerprint density at radius 3 is 2.47 bits per heavy atom. The zero-order valence-electron chi connectivity index (χ0n) is 9.81. The van der Waals surface area contributed by atoms with Gasteiger partial charge in [0.1, 0.15) is 17.4 Å². The lowest BCUT2D eigenvalue weighted by Gasteiger charge is -2.06. The molecule has 0 fully saturated rings. The van der Waals surface area contributed by atoms with Crippen molar-refractivity contribution in [1.29, 1.82) is 5.26 Å². The molecule has 1 N–H and O–H groups in total. The summed E-state index contributed by atoms with van der Waals surface area (Å²) in [5, 5.41) is 9.20. The quantitative estimate of drug-likeness (QED) is 0.662. The van der Waals surface area contributed by atoms with Crippen LogP contribution in [0.2, 0.25) is 0 Å². The second-order valence-corrected chi connectivity index (χ2v) is 4.38. The Kier molecular flexibility index (Phi) is 3.53. The number of hydrogen-bond donors (Lipinski definition) is 1. The highest BCUT2D eigenvalue weighted by Gasteiger charge is 2.14. The van der Waals surface area contributed by atoms with Crippen molar-refractivity contribution in [1.82, 2.24) is 9.55 Å². The maximum atomic E-state index is 12.8. The minimum Gasteiger partial charge on any atom is -0.300 e. The van der Waals surface area contributed by atoms with Crippen LogP contribution in [0.5, 0.6) is 0 Å². The maximum Gasteiger partial charge on any atom is 0.333 e. The zero-order valence-corrected chi connectivity index (χ0v) is 10.6. The number of halogens is 1. The molecule has 0 aliphatic heterocycles. The molecule has 0 atom stereocenters. The molecule has 0 radical (unpaired) electrons. The van der Waals surface area contributed by atoms with Gasteiger partial charge in [-0.15, -0.1) is 11.8 Å². The summed E-state index contributed by atoms with van der Waals surface area (Å²) in [6, 6.07) is 6.63. The summed E-state index contributed by atoms with van der Waals surface area (Å²) in [4.78, 5) is 26.4. The van der Waals surface area contributed by atoms with Gasteiger partial charge in [-0.05, 0) is 30.5 Å². The molecule has 2 aromatic rings. The van der Waals surface area contributed by atoms with Crippen LogP contribution >= 0.6 is 11.8 Å². The number of nitrogens with zero attached hydrogens (tertiary/aromatic N) is 2. The van der Waals surface area contributed by atoms with E-state index in [1.165, 1.54) is 12.1 Å². The standard InChI is InChI=1S/C12H8FN3O2S/c1-19-10-9(6-14)11(17)16(12(18)15-10)8-4-2-7(13)3-5-8/h2-5H,1H3,(H,15,18). The van der Waals surface area contributed by atoms with Crippen LogP contribution in [0.15, 0.2) is 38.9 Å². The van der Waals surface area contributed by atoms with E-state index in [9.17, 15) is 14.0 Å². The number of nitriles is 1. The summed E-state index contributed by atoms with van der Waals surface area (Å²) in [5.74, 6) is -0.477. The van der Waals surface area contributed by atoms with Crippen LogP contribution in [-0.4, -0.2) is 15.8 Å². The third-order valence-corrected chi connectivity index (χ3v) is 3.18. The van der Waals surface area contributed by atoms with Crippen LogP contribution in [-0.2, 0) is 0 Å². The third-order valence-electron chi connectivity index (χ3n) is 2.47. The predicted octanol–water partition coefficient (Wildman–Crippen LogP) is 1.26. The largest absolute Gasteiger partial charge is 0.333 e. The van der Waals surface area contributed by atoms with Crippen LogP contribution < -0.4 is 11.2 Å². The lowest BCUT2D eigenvalue weighted by molar-refractivity contribution is 0.627. The van der Waals surface area contributed by atoms with Crippen molar-refractivity contribution in [3.8, 4) is 11.8 Å². The van der Waals surface area contributed by atoms with Gasteiger partial charge in [-0.3, -0.25) is 4.79 Å². The predicted molar refractivity (Wildman–Crippen MR) is 69.1 cm³/mol. The van der Waals surface area contributed by atoms with E-state index in [4.69, 9.17) is 5.26 Å². The van der Waals surface area contributed by atoms with Gasteiger partial charge in [-0.2, -0.15) is 5.26 Å². The first-order valence-electron chi connectivity index (χ1n) is 5.18. The van der Waals surface area contributed by atoms with Crippen molar-refractivity contribution in [2.45, 2.75) is 5.03 Å². The van der Waals surface area contributed by atoms with Crippen molar-refractivity contribution < 1.29 is 4.39 Å². The van der Waals surface area contributed by atoms with Gasteiger partial charge in [0.2, 0.25) is 0 Å². The van der Waals surface area contributed by atoms with Crippen LogP contribution in [0.25, 0.3) is 5.69 Å². The van der Waals surface area contributed by atoms with Crippen molar-refractivity contribution in [3.05, 3.63) is 56.5 Å². The molecule has 0 saturated carbocycles. The van der Waals surface area contributed by atoms with Crippen molar-refractivity contribution in [3.63, 3.8) is 0 Å². The molecule has 5 nitrogen and oxygen atoms in total. The monoisotopic (exact) mass is 277 g/mol. The summed E-state index contributed by atoms with van der Waals surface area (Å²) < 4.78 is 13.6. The van der Waals surface area contributed by atoms with Gasteiger partial charge in [0.05, 0.1) is 10.7 Å². The Bertz CT molecular complexity index is 772. The van der Waals surface area contributed by atoms with E-state index in [2.05, 4.69) is 4.98 Å². The van der Waals surface area contributed by atoms with E-state index in [1.807, 2.05) is 0 Å². The van der Waals surface area contributed by atoms with Crippen LogP contribution in [0.4, 0.5) is 4.39 Å². The van der Waals surface area contributed by atoms with Crippen molar-refractivity contribution in [2.75, 3.05) is 6.26 Å². The Morgan fingerprint density at radius 2 is 1.95 bits per heavy atom. The molecule has 0 saturated heterocycles. The van der Waals surface area contributed by atoms with E-state index in [0.29, 0.717) is 0 Å². The van der Waals surface area contributed by atoms with Crippen molar-refractivity contribution in [2.24, 2.45) is 0 Å². The Balaban J connectivity index is 2.79. The Hall–Kier alpha value is -2.33.